The maximum atomic E-state index is 12.6. The zero-order valence-corrected chi connectivity index (χ0v) is 25.3. The molecule has 1 unspecified atom stereocenters. The van der Waals surface area contributed by atoms with Gasteiger partial charge in [0, 0.05) is 19.5 Å². The molecule has 0 spiro atoms. The van der Waals surface area contributed by atoms with E-state index < -0.39 is 11.7 Å². The van der Waals surface area contributed by atoms with E-state index in [1.54, 1.807) is 5.57 Å². The summed E-state index contributed by atoms with van der Waals surface area (Å²) in [5.74, 6) is 0.429. The number of piperidine rings is 1. The van der Waals surface area contributed by atoms with Gasteiger partial charge in [-0.2, -0.15) is 13.2 Å². The molecule has 0 radical (unpaired) electrons. The van der Waals surface area contributed by atoms with Crippen molar-refractivity contribution in [3.8, 4) is 5.75 Å². The van der Waals surface area contributed by atoms with E-state index >= 15 is 0 Å². The van der Waals surface area contributed by atoms with Crippen LogP contribution in [-0.2, 0) is 6.18 Å². The standard InChI is InChI=1S/C21H21N.C17H18F3NO/c1-22-14-12-18(13-15-22)21-19-8-4-2-6-16(19)10-11-17-7-3-5-9-20(17)21;1-21-12-11-16(13-5-3-2-4-6-13)22-15-9-7-14(8-10-15)17(18,19)20/h2-11H,12-15H2,1H3;2-10,16,21H,11-12H2,1H3. The Kier molecular flexibility index (Phi) is 10.4. The van der Waals surface area contributed by atoms with Gasteiger partial charge in [0.05, 0.1) is 5.56 Å². The second-order valence-corrected chi connectivity index (χ2v) is 11.2. The molecule has 6 heteroatoms. The second-order valence-electron chi connectivity index (χ2n) is 11.2. The predicted molar refractivity (Wildman–Crippen MR) is 174 cm³/mol. The van der Waals surface area contributed by atoms with Crippen molar-refractivity contribution in [1.82, 2.24) is 10.2 Å². The maximum absolute atomic E-state index is 12.6. The monoisotopic (exact) mass is 596 g/mol. The summed E-state index contributed by atoms with van der Waals surface area (Å²) >= 11 is 0. The molecule has 3 nitrogen and oxygen atoms in total. The number of fused-ring (bicyclic) bond motifs is 2. The molecule has 228 valence electrons. The SMILES string of the molecule is CN1CCC(=C2c3ccccc3C=Cc3ccccc32)CC1.CNCCC(Oc1ccc(C(F)(F)F)cc1)c1ccccc1. The van der Waals surface area contributed by atoms with E-state index in [-0.39, 0.29) is 6.10 Å². The molecule has 1 atom stereocenters. The molecule has 44 heavy (non-hydrogen) atoms. The molecule has 0 saturated carbocycles. The highest BCUT2D eigenvalue weighted by molar-refractivity contribution is 5.94. The Hall–Kier alpha value is -4.13. The van der Waals surface area contributed by atoms with Gasteiger partial charge >= 0.3 is 6.18 Å². The highest BCUT2D eigenvalue weighted by atomic mass is 19.4. The van der Waals surface area contributed by atoms with E-state index in [2.05, 4.69) is 77.9 Å². The largest absolute Gasteiger partial charge is 0.486 e. The Morgan fingerprint density at radius 2 is 1.30 bits per heavy atom. The van der Waals surface area contributed by atoms with Gasteiger partial charge in [-0.25, -0.2) is 0 Å². The van der Waals surface area contributed by atoms with Gasteiger partial charge in [-0.3, -0.25) is 0 Å². The quantitative estimate of drug-likeness (QED) is 0.212. The third-order valence-corrected chi connectivity index (χ3v) is 8.13. The summed E-state index contributed by atoms with van der Waals surface area (Å²) in [7, 11) is 4.07. The highest BCUT2D eigenvalue weighted by Gasteiger charge is 2.30. The maximum Gasteiger partial charge on any atom is 0.416 e. The van der Waals surface area contributed by atoms with Gasteiger partial charge in [0.15, 0.2) is 0 Å². The first-order valence-corrected chi connectivity index (χ1v) is 15.1. The summed E-state index contributed by atoms with van der Waals surface area (Å²) in [6.45, 7) is 3.08. The molecule has 1 heterocycles. The number of nitrogens with zero attached hydrogens (tertiary/aromatic N) is 1. The van der Waals surface area contributed by atoms with E-state index in [1.165, 1.54) is 52.8 Å². The summed E-state index contributed by atoms with van der Waals surface area (Å²) in [4.78, 5) is 2.43. The van der Waals surface area contributed by atoms with Crippen molar-refractivity contribution in [2.24, 2.45) is 0 Å². The zero-order valence-electron chi connectivity index (χ0n) is 25.3. The van der Waals surface area contributed by atoms with Crippen LogP contribution in [-0.4, -0.2) is 38.6 Å². The Bertz CT molecular complexity index is 1510. The number of benzene rings is 4. The molecule has 2 aliphatic rings. The molecule has 4 aromatic rings. The van der Waals surface area contributed by atoms with Crippen LogP contribution in [0.3, 0.4) is 0 Å². The Morgan fingerprint density at radius 3 is 1.84 bits per heavy atom. The molecule has 0 amide bonds. The van der Waals surface area contributed by atoms with Crippen molar-refractivity contribution < 1.29 is 17.9 Å². The third-order valence-electron chi connectivity index (χ3n) is 8.13. The summed E-state index contributed by atoms with van der Waals surface area (Å²) in [5, 5.41) is 3.05. The van der Waals surface area contributed by atoms with Crippen molar-refractivity contribution in [1.29, 1.82) is 0 Å². The topological polar surface area (TPSA) is 24.5 Å². The lowest BCUT2D eigenvalue weighted by molar-refractivity contribution is -0.137. The number of rotatable bonds is 6. The molecular formula is C38H39F3N2O. The van der Waals surface area contributed by atoms with E-state index in [0.29, 0.717) is 5.75 Å². The van der Waals surface area contributed by atoms with Gasteiger partial charge in [-0.05, 0) is 91.1 Å². The minimum absolute atomic E-state index is 0.203. The van der Waals surface area contributed by atoms with E-state index in [1.807, 2.05) is 37.4 Å². The number of halogens is 3. The second kappa shape index (κ2) is 14.6. The first kappa shape index (κ1) is 31.3. The van der Waals surface area contributed by atoms with Crippen molar-refractivity contribution >= 4 is 17.7 Å². The van der Waals surface area contributed by atoms with E-state index in [0.717, 1.165) is 43.8 Å². The minimum Gasteiger partial charge on any atom is -0.486 e. The number of nitrogens with one attached hydrogen (secondary N) is 1. The van der Waals surface area contributed by atoms with Crippen LogP contribution >= 0.6 is 0 Å². The number of ether oxygens (including phenoxy) is 1. The van der Waals surface area contributed by atoms with Crippen LogP contribution < -0.4 is 10.1 Å². The number of hydrogen-bond acceptors (Lipinski definition) is 3. The van der Waals surface area contributed by atoms with Crippen LogP contribution in [0.2, 0.25) is 0 Å². The Morgan fingerprint density at radius 1 is 0.750 bits per heavy atom. The fourth-order valence-electron chi connectivity index (χ4n) is 5.71. The zero-order chi connectivity index (χ0) is 30.9. The summed E-state index contributed by atoms with van der Waals surface area (Å²) < 4.78 is 43.6. The molecule has 0 aromatic heterocycles. The van der Waals surface area contributed by atoms with Crippen LogP contribution in [0.1, 0.15) is 58.7 Å². The molecular weight excluding hydrogens is 557 g/mol. The van der Waals surface area contributed by atoms with Crippen molar-refractivity contribution in [2.75, 3.05) is 33.7 Å². The van der Waals surface area contributed by atoms with Crippen LogP contribution in [0.4, 0.5) is 13.2 Å². The van der Waals surface area contributed by atoms with Gasteiger partial charge in [0.2, 0.25) is 0 Å². The molecule has 6 rings (SSSR count). The third kappa shape index (κ3) is 7.87. The fraction of sp³-hybridized carbons (Fsp3) is 0.263. The van der Waals surface area contributed by atoms with Gasteiger partial charge < -0.3 is 15.0 Å². The van der Waals surface area contributed by atoms with Gasteiger partial charge in [-0.1, -0.05) is 96.6 Å². The summed E-state index contributed by atoms with van der Waals surface area (Å²) in [6, 6.07) is 32.0. The molecule has 1 N–H and O–H groups in total. The molecule has 4 aromatic carbocycles. The first-order chi connectivity index (χ1) is 21.3. The molecule has 1 aliphatic carbocycles. The minimum atomic E-state index is -4.33. The van der Waals surface area contributed by atoms with Crippen molar-refractivity contribution in [3.05, 3.63) is 142 Å². The van der Waals surface area contributed by atoms with Crippen LogP contribution in [0, 0.1) is 0 Å². The predicted octanol–water partition coefficient (Wildman–Crippen LogP) is 9.13. The average Bonchev–Trinajstić information content (AvgIpc) is 3.21. The number of hydrogen-bond donors (Lipinski definition) is 1. The van der Waals surface area contributed by atoms with Gasteiger partial charge in [-0.15, -0.1) is 0 Å². The average molecular weight is 597 g/mol. The lowest BCUT2D eigenvalue weighted by Crippen LogP contribution is -2.27. The first-order valence-electron chi connectivity index (χ1n) is 15.1. The van der Waals surface area contributed by atoms with Crippen LogP contribution in [0.15, 0.2) is 109 Å². The summed E-state index contributed by atoms with van der Waals surface area (Å²) in [6.07, 6.45) is 3.06. The smallest absolute Gasteiger partial charge is 0.416 e. The van der Waals surface area contributed by atoms with Crippen molar-refractivity contribution in [3.63, 3.8) is 0 Å². The highest BCUT2D eigenvalue weighted by Crippen LogP contribution is 2.38. The lowest BCUT2D eigenvalue weighted by Gasteiger charge is -2.27. The fourth-order valence-corrected chi connectivity index (χ4v) is 5.71. The van der Waals surface area contributed by atoms with Crippen LogP contribution in [0.25, 0.3) is 17.7 Å². The van der Waals surface area contributed by atoms with Crippen LogP contribution in [0.5, 0.6) is 5.75 Å². The number of alkyl halides is 3. The Labute approximate surface area is 258 Å². The van der Waals surface area contributed by atoms with Gasteiger partial charge in [0.25, 0.3) is 0 Å². The lowest BCUT2D eigenvalue weighted by atomic mass is 9.86. The summed E-state index contributed by atoms with van der Waals surface area (Å²) in [5.41, 5.74) is 8.86. The Balaban J connectivity index is 0.000000175. The number of likely N-dealkylation sites (tertiary alicyclic amines) is 1. The van der Waals surface area contributed by atoms with Crippen molar-refractivity contribution in [2.45, 2.75) is 31.5 Å². The normalized spacial score (nSPS) is 15.4. The molecule has 0 bridgehead atoms. The van der Waals surface area contributed by atoms with Gasteiger partial charge in [0.1, 0.15) is 11.9 Å². The molecule has 1 aliphatic heterocycles. The molecule has 1 fully saturated rings. The van der Waals surface area contributed by atoms with E-state index in [9.17, 15) is 13.2 Å². The molecule has 1 saturated heterocycles. The van der Waals surface area contributed by atoms with E-state index in [4.69, 9.17) is 4.74 Å².